The third-order valence-electron chi connectivity index (χ3n) is 4.30. The molecule has 0 amide bonds. The molecule has 0 aliphatic rings. The summed E-state index contributed by atoms with van der Waals surface area (Å²) in [5, 5.41) is 11.2. The monoisotopic (exact) mass is 499 g/mol. The second-order valence-electron chi connectivity index (χ2n) is 6.82. The molecule has 2 N–H and O–H groups in total. The van der Waals surface area contributed by atoms with Gasteiger partial charge in [0.05, 0.1) is 12.3 Å². The largest absolute Gasteiger partial charge is 0.493 e. The van der Waals surface area contributed by atoms with E-state index in [1.807, 2.05) is 6.92 Å². The average Bonchev–Trinajstić information content (AvgIpc) is 2.97. The fourth-order valence-electron chi connectivity index (χ4n) is 2.89. The quantitative estimate of drug-likeness (QED) is 0.237. The number of aryl methyl sites for hydroxylation is 4. The first kappa shape index (κ1) is 24.3. The van der Waals surface area contributed by atoms with E-state index in [4.69, 9.17) is 4.74 Å². The lowest BCUT2D eigenvalue weighted by atomic mass is 10.1. The minimum atomic E-state index is 0. The Labute approximate surface area is 186 Å². The number of halogens is 1. The van der Waals surface area contributed by atoms with Crippen LogP contribution in [0.4, 0.5) is 0 Å². The van der Waals surface area contributed by atoms with Crippen molar-refractivity contribution in [3.8, 4) is 5.75 Å². The number of hydrogen-bond acceptors (Lipinski definition) is 3. The Morgan fingerprint density at radius 2 is 1.96 bits per heavy atom. The summed E-state index contributed by atoms with van der Waals surface area (Å²) < 4.78 is 7.94. The van der Waals surface area contributed by atoms with E-state index >= 15 is 0 Å². The first-order valence-corrected chi connectivity index (χ1v) is 9.71. The van der Waals surface area contributed by atoms with Crippen LogP contribution in [0, 0.1) is 20.8 Å². The molecule has 0 aliphatic heterocycles. The second-order valence-corrected chi connectivity index (χ2v) is 6.82. The number of nitrogens with one attached hydrogen (secondary N) is 2. The van der Waals surface area contributed by atoms with Crippen LogP contribution in [-0.4, -0.2) is 35.9 Å². The van der Waals surface area contributed by atoms with Crippen molar-refractivity contribution in [1.82, 2.24) is 20.4 Å². The number of aliphatic imine (C=N–C) groups is 1. The van der Waals surface area contributed by atoms with Crippen molar-refractivity contribution in [3.05, 3.63) is 46.8 Å². The van der Waals surface area contributed by atoms with Gasteiger partial charge in [-0.3, -0.25) is 9.67 Å². The van der Waals surface area contributed by atoms with Gasteiger partial charge in [0.15, 0.2) is 5.96 Å². The minimum absolute atomic E-state index is 0. The molecule has 1 aromatic heterocycles. The summed E-state index contributed by atoms with van der Waals surface area (Å²) in [5.74, 6) is 1.75. The van der Waals surface area contributed by atoms with E-state index < -0.39 is 0 Å². The maximum absolute atomic E-state index is 5.88. The maximum atomic E-state index is 5.88. The molecule has 2 aromatic rings. The fourth-order valence-corrected chi connectivity index (χ4v) is 2.89. The number of hydrogen-bond donors (Lipinski definition) is 2. The summed E-state index contributed by atoms with van der Waals surface area (Å²) in [5.41, 5.74) is 4.61. The molecule has 0 radical (unpaired) electrons. The van der Waals surface area contributed by atoms with Crippen molar-refractivity contribution in [1.29, 1.82) is 0 Å². The van der Waals surface area contributed by atoms with Crippen molar-refractivity contribution in [2.24, 2.45) is 4.99 Å². The molecule has 7 heteroatoms. The lowest BCUT2D eigenvalue weighted by Crippen LogP contribution is -2.37. The third-order valence-corrected chi connectivity index (χ3v) is 4.30. The van der Waals surface area contributed by atoms with E-state index in [9.17, 15) is 0 Å². The van der Waals surface area contributed by atoms with E-state index in [1.54, 1.807) is 7.05 Å². The van der Waals surface area contributed by atoms with Gasteiger partial charge in [-0.2, -0.15) is 5.10 Å². The number of rotatable bonds is 9. The van der Waals surface area contributed by atoms with Crippen molar-refractivity contribution in [3.63, 3.8) is 0 Å². The smallest absolute Gasteiger partial charge is 0.191 e. The van der Waals surface area contributed by atoms with Crippen LogP contribution in [0.2, 0.25) is 0 Å². The predicted molar refractivity (Wildman–Crippen MR) is 127 cm³/mol. The Balaban J connectivity index is 0.00000392. The normalized spacial score (nSPS) is 11.1. The summed E-state index contributed by atoms with van der Waals surface area (Å²) in [7, 11) is 1.79. The summed E-state index contributed by atoms with van der Waals surface area (Å²) >= 11 is 0. The lowest BCUT2D eigenvalue weighted by Gasteiger charge is -2.15. The van der Waals surface area contributed by atoms with Crippen LogP contribution in [0.25, 0.3) is 0 Å². The number of nitrogens with zero attached hydrogens (tertiary/aromatic N) is 3. The van der Waals surface area contributed by atoms with Crippen LogP contribution in [-0.2, 0) is 13.1 Å². The van der Waals surface area contributed by atoms with Crippen LogP contribution in [0.1, 0.15) is 42.3 Å². The highest BCUT2D eigenvalue weighted by Gasteiger charge is 2.06. The van der Waals surface area contributed by atoms with E-state index in [-0.39, 0.29) is 24.0 Å². The first-order chi connectivity index (χ1) is 13.0. The van der Waals surface area contributed by atoms with Crippen molar-refractivity contribution in [2.75, 3.05) is 20.2 Å². The highest BCUT2D eigenvalue weighted by atomic mass is 127. The van der Waals surface area contributed by atoms with Crippen LogP contribution in [0.5, 0.6) is 5.75 Å². The first-order valence-electron chi connectivity index (χ1n) is 9.71. The third kappa shape index (κ3) is 7.69. The Bertz CT molecular complexity index is 757. The predicted octanol–water partition coefficient (Wildman–Crippen LogP) is 3.97. The highest BCUT2D eigenvalue weighted by molar-refractivity contribution is 14.0. The van der Waals surface area contributed by atoms with Crippen molar-refractivity contribution < 1.29 is 4.74 Å². The van der Waals surface area contributed by atoms with Gasteiger partial charge in [-0.15, -0.1) is 24.0 Å². The Morgan fingerprint density at radius 1 is 1.18 bits per heavy atom. The second kappa shape index (κ2) is 12.6. The fraction of sp³-hybridized carbons (Fsp3) is 0.524. The van der Waals surface area contributed by atoms with Gasteiger partial charge in [-0.1, -0.05) is 19.1 Å². The molecule has 0 aliphatic carbocycles. The van der Waals surface area contributed by atoms with Gasteiger partial charge in [-0.25, -0.2) is 0 Å². The summed E-state index contributed by atoms with van der Waals surface area (Å²) in [6, 6.07) is 8.43. The molecular weight excluding hydrogens is 465 g/mol. The number of ether oxygens (including phenoxy) is 1. The zero-order chi connectivity index (χ0) is 19.6. The van der Waals surface area contributed by atoms with Crippen LogP contribution < -0.4 is 15.4 Å². The molecule has 6 nitrogen and oxygen atoms in total. The van der Waals surface area contributed by atoms with Gasteiger partial charge in [0.2, 0.25) is 0 Å². The Hall–Kier alpha value is -1.77. The Morgan fingerprint density at radius 3 is 2.61 bits per heavy atom. The standard InChI is InChI=1S/C21H33N5O.HI/c1-6-12-27-20-13-16(2)8-9-19(20)15-24-21(22-5)23-10-7-11-26-18(4)14-17(3)25-26;/h8-9,13-14H,6-7,10-12,15H2,1-5H3,(H2,22,23,24);1H. The average molecular weight is 499 g/mol. The van der Waals surface area contributed by atoms with Crippen LogP contribution in [0.3, 0.4) is 0 Å². The number of benzene rings is 1. The molecule has 156 valence electrons. The van der Waals surface area contributed by atoms with E-state index in [1.165, 1.54) is 11.3 Å². The number of aromatic nitrogens is 2. The summed E-state index contributed by atoms with van der Waals surface area (Å²) in [4.78, 5) is 4.31. The zero-order valence-electron chi connectivity index (χ0n) is 17.7. The summed E-state index contributed by atoms with van der Waals surface area (Å²) in [6.07, 6.45) is 1.98. The molecular formula is C21H34IN5O. The molecule has 0 bridgehead atoms. The molecule has 0 saturated carbocycles. The van der Waals surface area contributed by atoms with Gasteiger partial charge < -0.3 is 15.4 Å². The van der Waals surface area contributed by atoms with Gasteiger partial charge in [0, 0.05) is 37.9 Å². The topological polar surface area (TPSA) is 63.5 Å². The highest BCUT2D eigenvalue weighted by Crippen LogP contribution is 2.20. The molecule has 0 fully saturated rings. The van der Waals surface area contributed by atoms with Crippen LogP contribution >= 0.6 is 24.0 Å². The molecule has 28 heavy (non-hydrogen) atoms. The molecule has 0 spiro atoms. The molecule has 0 unspecified atom stereocenters. The molecule has 0 saturated heterocycles. The van der Waals surface area contributed by atoms with E-state index in [0.29, 0.717) is 6.54 Å². The lowest BCUT2D eigenvalue weighted by molar-refractivity contribution is 0.313. The summed E-state index contributed by atoms with van der Waals surface area (Å²) in [6.45, 7) is 11.5. The van der Waals surface area contributed by atoms with Gasteiger partial charge >= 0.3 is 0 Å². The van der Waals surface area contributed by atoms with Crippen molar-refractivity contribution >= 4 is 29.9 Å². The van der Waals surface area contributed by atoms with Crippen molar-refractivity contribution in [2.45, 2.75) is 53.6 Å². The van der Waals surface area contributed by atoms with E-state index in [2.05, 4.69) is 70.4 Å². The Kier molecular flexibility index (Phi) is 11.0. The molecule has 1 heterocycles. The van der Waals surface area contributed by atoms with Gasteiger partial charge in [0.25, 0.3) is 0 Å². The van der Waals surface area contributed by atoms with Gasteiger partial charge in [-0.05, 0) is 51.3 Å². The molecule has 2 rings (SSSR count). The zero-order valence-corrected chi connectivity index (χ0v) is 20.0. The van der Waals surface area contributed by atoms with Gasteiger partial charge in [0.1, 0.15) is 5.75 Å². The minimum Gasteiger partial charge on any atom is -0.493 e. The van der Waals surface area contributed by atoms with E-state index in [0.717, 1.165) is 55.5 Å². The van der Waals surface area contributed by atoms with Crippen LogP contribution in [0.15, 0.2) is 29.3 Å². The number of guanidine groups is 1. The maximum Gasteiger partial charge on any atom is 0.191 e. The molecule has 1 aromatic carbocycles. The molecule has 0 atom stereocenters. The SMILES string of the molecule is CCCOc1cc(C)ccc1CNC(=NC)NCCCn1nc(C)cc1C.I.